The smallest absolute Gasteiger partial charge is 0.306 e. The summed E-state index contributed by atoms with van der Waals surface area (Å²) in [6.07, 6.45) is -1.23. The molecule has 7 N–H and O–H groups in total. The summed E-state index contributed by atoms with van der Waals surface area (Å²) in [5.74, 6) is -0.414. The molecule has 3 unspecified atom stereocenters. The molecule has 2 rings (SSSR count). The summed E-state index contributed by atoms with van der Waals surface area (Å²) < 4.78 is 71.8. The molecule has 0 fully saturated rings. The van der Waals surface area contributed by atoms with Crippen molar-refractivity contribution in [2.24, 2.45) is 23.7 Å². The molecule has 0 radical (unpaired) electrons. The van der Waals surface area contributed by atoms with Gasteiger partial charge in [0.25, 0.3) is 0 Å². The van der Waals surface area contributed by atoms with E-state index in [1.54, 1.807) is 48.5 Å². The number of rotatable bonds is 42. The number of thiol groups is 6. The minimum atomic E-state index is -2.91. The van der Waals surface area contributed by atoms with Crippen LogP contribution in [-0.2, 0) is 47.6 Å². The van der Waals surface area contributed by atoms with Gasteiger partial charge in [-0.05, 0) is 184 Å². The first-order valence-corrected chi connectivity index (χ1v) is 46.5. The third kappa shape index (κ3) is 48.9. The van der Waals surface area contributed by atoms with Crippen LogP contribution in [0.1, 0.15) is 102 Å². The fraction of sp³-hybridized carbons (Fsp3) is 0.739. The van der Waals surface area contributed by atoms with Crippen LogP contribution in [0, 0.1) is 5.41 Å². The molecule has 40 heteroatoms. The number of ether oxygens (including phenoxy) is 7. The van der Waals surface area contributed by atoms with E-state index in [4.69, 9.17) is 77.0 Å². The SMILES string of the molecule is CC(C)(O)C(=O)c1ccc(OCCO)cc1.CC(C)(O)C(=O)c1ccccc1.CC(COCCO)OCCO.CN(C)P(C)(=NP(=NC(C)(C)C)(N=P(C)(N(C)C)N(C)C)N=P(C)(N(C)C)N(C)C)N(C)C.O=C(CCS)OCC(COC(=O)CCS)(COC(=O)CCS)COC(=O)CCS.OC(CS)C(O)CS. The first-order valence-electron chi connectivity index (χ1n) is 34.8. The number of hydrogen-bond acceptors (Lipinski definition) is 27. The van der Waals surface area contributed by atoms with Crippen molar-refractivity contribution in [3.05, 3.63) is 65.7 Å². The first kappa shape index (κ1) is 113. The fourth-order valence-electron chi connectivity index (χ4n) is 7.61. The fourth-order valence-corrected chi connectivity index (χ4v) is 23.0. The number of benzene rings is 2. The molecule has 2 aromatic rings. The third-order valence-corrected chi connectivity index (χ3v) is 33.3. The standard InChI is InChI=1S/C19H54N10P4.C17H28O8S4.C12H16O4.C10H12O2.C7H16O4.C4H10O2S2/c1-19(2,3)20-33(21-30(16,24(4)5)25(6)7,22-31(17,26(8)9)27(10)11)23-32(18,28(12)13)29(14)15;18-13(1-5-26)22-9-17(10-23-14(19)2-6-27,11-24-15(20)3-7-28)12-25-16(21)4-8-29;1-12(2,15)11(14)9-3-5-10(6-4-9)16-8-7-13;1-10(2,12)9(11)8-6-4-3-5-7-8;1-7(11-5-3-9)6-10-4-2-8;5-3(1-7)4(6)2-8/h1-18H3;26-29H,1-12H2;3-6,13,15H,7-8H2,1-2H3;3-7,12H,1-2H3;7-9H,2-6H2,1H3;3-8H,1-2H2. The van der Waals surface area contributed by atoms with E-state index < -0.39 is 82.3 Å². The predicted octanol–water partition coefficient (Wildman–Crippen LogP) is 9.12. The second-order valence-electron chi connectivity index (χ2n) is 27.7. The lowest BCUT2D eigenvalue weighted by atomic mass is 9.92. The van der Waals surface area contributed by atoms with Gasteiger partial charge in [0.05, 0.1) is 89.2 Å². The quantitative estimate of drug-likeness (QED) is 0.00735. The van der Waals surface area contributed by atoms with Gasteiger partial charge in [0.1, 0.15) is 77.5 Å². The summed E-state index contributed by atoms with van der Waals surface area (Å²) in [5.41, 5.74) is -3.26. The zero-order chi connectivity index (χ0) is 85.4. The average molecular weight is 1740 g/mol. The van der Waals surface area contributed by atoms with E-state index in [1.807, 2.05) is 13.0 Å². The van der Waals surface area contributed by atoms with Gasteiger partial charge in [0.15, 0.2) is 11.6 Å². The zero-order valence-electron chi connectivity index (χ0n) is 68.7. The molecule has 0 saturated carbocycles. The molecular formula is C69H136N10O20P4S6. The van der Waals surface area contributed by atoms with Crippen LogP contribution < -0.4 is 4.74 Å². The highest BCUT2D eigenvalue weighted by atomic mass is 32.1. The van der Waals surface area contributed by atoms with Crippen LogP contribution >= 0.6 is 105 Å². The molecule has 0 aliphatic rings. The summed E-state index contributed by atoms with van der Waals surface area (Å²) >= 11 is 23.4. The Balaban J connectivity index is -0.000000650. The van der Waals surface area contributed by atoms with Crippen molar-refractivity contribution in [2.75, 3.05) is 212 Å². The second kappa shape index (κ2) is 58.7. The first-order chi connectivity index (χ1) is 50.3. The van der Waals surface area contributed by atoms with Crippen LogP contribution in [0.25, 0.3) is 0 Å². The topological polar surface area (TPSA) is 378 Å². The number of Topliss-reactive ketones (excluding diaryl/α,β-unsaturated/α-hetero) is 2. The lowest BCUT2D eigenvalue weighted by Gasteiger charge is -2.40. The summed E-state index contributed by atoms with van der Waals surface area (Å²) in [5, 5.41) is 61.7. The van der Waals surface area contributed by atoms with Gasteiger partial charge in [-0.3, -0.25) is 56.8 Å². The normalized spacial score (nSPS) is 12.9. The van der Waals surface area contributed by atoms with E-state index in [0.29, 0.717) is 36.7 Å². The number of hydrogen-bond donors (Lipinski definition) is 13. The molecule has 109 heavy (non-hydrogen) atoms. The minimum absolute atomic E-state index is 0.0197. The Morgan fingerprint density at radius 2 is 0.752 bits per heavy atom. The number of aliphatic hydroxyl groups excluding tert-OH is 5. The van der Waals surface area contributed by atoms with Crippen molar-refractivity contribution in [1.82, 2.24) is 28.0 Å². The van der Waals surface area contributed by atoms with Crippen LogP contribution in [0.2, 0.25) is 0 Å². The third-order valence-electron chi connectivity index (χ3n) is 14.8. The molecule has 0 bridgehead atoms. The van der Waals surface area contributed by atoms with Crippen LogP contribution in [0.3, 0.4) is 0 Å². The van der Waals surface area contributed by atoms with E-state index in [-0.39, 0.29) is 136 Å². The zero-order valence-corrected chi connectivity index (χ0v) is 77.6. The van der Waals surface area contributed by atoms with Crippen LogP contribution in [0.15, 0.2) is 72.9 Å². The maximum absolute atomic E-state index is 11.8. The van der Waals surface area contributed by atoms with Gasteiger partial charge in [-0.1, -0.05) is 30.3 Å². The van der Waals surface area contributed by atoms with E-state index >= 15 is 0 Å². The van der Waals surface area contributed by atoms with Gasteiger partial charge in [0.2, 0.25) is 0 Å². The molecule has 0 spiro atoms. The lowest BCUT2D eigenvalue weighted by molar-refractivity contribution is -0.170. The van der Waals surface area contributed by atoms with Crippen LogP contribution in [0.4, 0.5) is 0 Å². The molecule has 3 atom stereocenters. The highest BCUT2D eigenvalue weighted by molar-refractivity contribution is 7.82. The Kier molecular flexibility index (Phi) is 60.9. The Hall–Kier alpha value is -2.12. The van der Waals surface area contributed by atoms with Gasteiger partial charge < -0.3 is 68.9 Å². The van der Waals surface area contributed by atoms with E-state index in [9.17, 15) is 39.0 Å². The molecular weight excluding hydrogens is 1610 g/mol. The average Bonchev–Trinajstić information content (AvgIpc) is 0.751. The molecule has 0 aliphatic carbocycles. The molecule has 0 aliphatic heterocycles. The number of carbonyl (C=O) groups is 6. The number of carbonyl (C=O) groups excluding carboxylic acids is 6. The van der Waals surface area contributed by atoms with Crippen molar-refractivity contribution in [3.8, 4) is 5.75 Å². The van der Waals surface area contributed by atoms with Gasteiger partial charge in [0, 0.05) is 45.6 Å². The highest BCUT2D eigenvalue weighted by Crippen LogP contribution is 2.76. The van der Waals surface area contributed by atoms with Crippen LogP contribution in [0.5, 0.6) is 5.75 Å². The summed E-state index contributed by atoms with van der Waals surface area (Å²) in [6, 6.07) is 15.2. The summed E-state index contributed by atoms with van der Waals surface area (Å²) in [7, 11) is 16.0. The highest BCUT2D eigenvalue weighted by Gasteiger charge is 2.39. The number of ketones is 2. The Bertz CT molecular complexity index is 2900. The largest absolute Gasteiger partial charge is 0.491 e. The van der Waals surface area contributed by atoms with Gasteiger partial charge in [-0.2, -0.15) is 89.3 Å². The van der Waals surface area contributed by atoms with Crippen molar-refractivity contribution < 1.29 is 97.7 Å². The molecule has 2 aromatic carbocycles. The van der Waals surface area contributed by atoms with E-state index in [2.05, 4.69) is 229 Å². The summed E-state index contributed by atoms with van der Waals surface area (Å²) in [6.45, 7) is 21.1. The van der Waals surface area contributed by atoms with E-state index in [1.165, 1.54) is 27.7 Å². The monoisotopic (exact) mass is 1740 g/mol. The Morgan fingerprint density at radius 1 is 0.459 bits per heavy atom. The minimum Gasteiger partial charge on any atom is -0.491 e. The molecule has 0 aromatic heterocycles. The van der Waals surface area contributed by atoms with Crippen molar-refractivity contribution in [3.63, 3.8) is 0 Å². The van der Waals surface area contributed by atoms with Gasteiger partial charge >= 0.3 is 31.4 Å². The number of aliphatic hydroxyl groups is 7. The maximum atomic E-state index is 11.8. The number of nitrogens with zero attached hydrogens (tertiary/aromatic N) is 10. The molecule has 0 heterocycles. The molecule has 638 valence electrons. The van der Waals surface area contributed by atoms with Gasteiger partial charge in [-0.25, -0.2) is 4.74 Å². The van der Waals surface area contributed by atoms with Gasteiger partial charge in [-0.15, -0.1) is 0 Å². The Labute approximate surface area is 685 Å². The summed E-state index contributed by atoms with van der Waals surface area (Å²) in [4.78, 5) is 70.2. The molecule has 0 saturated heterocycles. The predicted molar refractivity (Wildman–Crippen MR) is 464 cm³/mol. The Morgan fingerprint density at radius 3 is 1.00 bits per heavy atom. The second-order valence-corrected chi connectivity index (χ2v) is 43.7. The van der Waals surface area contributed by atoms with E-state index in [0.717, 1.165) is 0 Å². The maximum Gasteiger partial charge on any atom is 0.306 e. The molecule has 0 amide bonds. The molecule has 30 nitrogen and oxygen atoms in total. The lowest BCUT2D eigenvalue weighted by Crippen LogP contribution is -2.44. The van der Waals surface area contributed by atoms with Crippen molar-refractivity contribution in [1.29, 1.82) is 0 Å². The van der Waals surface area contributed by atoms with Crippen LogP contribution in [-0.4, -0.2) is 346 Å². The van der Waals surface area contributed by atoms with Crippen molar-refractivity contribution >= 4 is 141 Å². The number of esters is 4. The van der Waals surface area contributed by atoms with Crippen molar-refractivity contribution in [2.45, 2.75) is 116 Å².